The molecular formula is C20H23N5. The average molecular weight is 333 g/mol. The van der Waals surface area contributed by atoms with E-state index in [9.17, 15) is 0 Å². The Labute approximate surface area is 148 Å². The lowest BCUT2D eigenvalue weighted by Gasteiger charge is -2.16. The molecule has 5 nitrogen and oxygen atoms in total. The molecule has 3 rings (SSSR count). The summed E-state index contributed by atoms with van der Waals surface area (Å²) in [6.07, 6.45) is 1.64. The molecule has 128 valence electrons. The highest BCUT2D eigenvalue weighted by Crippen LogP contribution is 2.25. The third-order valence-corrected chi connectivity index (χ3v) is 4.14. The van der Waals surface area contributed by atoms with Crippen LogP contribution >= 0.6 is 0 Å². The number of anilines is 3. The number of nitrogens with zero attached hydrogens (tertiary/aromatic N) is 3. The third kappa shape index (κ3) is 4.12. The van der Waals surface area contributed by atoms with Gasteiger partial charge in [-0.1, -0.05) is 48.0 Å². The van der Waals surface area contributed by atoms with Crippen molar-refractivity contribution in [3.63, 3.8) is 0 Å². The predicted octanol–water partition coefficient (Wildman–Crippen LogP) is 4.71. The number of aryl methyl sites for hydroxylation is 3. The van der Waals surface area contributed by atoms with Gasteiger partial charge in [0, 0.05) is 11.7 Å². The monoisotopic (exact) mass is 333 g/mol. The van der Waals surface area contributed by atoms with Gasteiger partial charge in [-0.25, -0.2) is 0 Å². The first-order valence-electron chi connectivity index (χ1n) is 8.39. The molecule has 0 saturated heterocycles. The molecule has 1 heterocycles. The molecule has 25 heavy (non-hydrogen) atoms. The van der Waals surface area contributed by atoms with Gasteiger partial charge in [-0.2, -0.15) is 10.1 Å². The van der Waals surface area contributed by atoms with Crippen LogP contribution in [0.15, 0.2) is 48.7 Å². The van der Waals surface area contributed by atoms with Crippen molar-refractivity contribution >= 4 is 17.5 Å². The SMILES string of the molecule is Cc1cc(C)c(Nc2nncc(NC(C)c3ccccc3)n2)c(C)c1. The quantitative estimate of drug-likeness (QED) is 0.708. The molecule has 0 saturated carbocycles. The first kappa shape index (κ1) is 16.9. The van der Waals surface area contributed by atoms with Crippen molar-refractivity contribution in [2.45, 2.75) is 33.7 Å². The molecule has 1 atom stereocenters. The summed E-state index contributed by atoms with van der Waals surface area (Å²) in [5.41, 5.74) is 5.79. The van der Waals surface area contributed by atoms with Gasteiger partial charge in [-0.3, -0.25) is 0 Å². The van der Waals surface area contributed by atoms with Gasteiger partial charge in [-0.15, -0.1) is 5.10 Å². The largest absolute Gasteiger partial charge is 0.362 e. The van der Waals surface area contributed by atoms with Crippen LogP contribution in [0.25, 0.3) is 0 Å². The van der Waals surface area contributed by atoms with Crippen molar-refractivity contribution in [1.82, 2.24) is 15.2 Å². The molecule has 1 unspecified atom stereocenters. The van der Waals surface area contributed by atoms with Crippen molar-refractivity contribution in [1.29, 1.82) is 0 Å². The first-order chi connectivity index (χ1) is 12.0. The summed E-state index contributed by atoms with van der Waals surface area (Å²) in [7, 11) is 0. The number of nitrogens with one attached hydrogen (secondary N) is 2. The molecule has 1 aromatic heterocycles. The lowest BCUT2D eigenvalue weighted by atomic mass is 10.1. The number of aromatic nitrogens is 3. The summed E-state index contributed by atoms with van der Waals surface area (Å²) in [5, 5.41) is 14.8. The zero-order chi connectivity index (χ0) is 17.8. The fourth-order valence-electron chi connectivity index (χ4n) is 2.96. The van der Waals surface area contributed by atoms with Crippen LogP contribution in [0.4, 0.5) is 17.5 Å². The summed E-state index contributed by atoms with van der Waals surface area (Å²) < 4.78 is 0. The lowest BCUT2D eigenvalue weighted by molar-refractivity contribution is 0.861. The van der Waals surface area contributed by atoms with Crippen LogP contribution in [-0.2, 0) is 0 Å². The van der Waals surface area contributed by atoms with Gasteiger partial charge in [0.2, 0.25) is 5.95 Å². The van der Waals surface area contributed by atoms with E-state index in [2.05, 4.69) is 77.8 Å². The molecule has 0 fully saturated rings. The van der Waals surface area contributed by atoms with Crippen molar-refractivity contribution < 1.29 is 0 Å². The van der Waals surface area contributed by atoms with E-state index in [-0.39, 0.29) is 6.04 Å². The minimum atomic E-state index is 0.133. The fourth-order valence-corrected chi connectivity index (χ4v) is 2.96. The Hall–Kier alpha value is -2.95. The number of hydrogen-bond donors (Lipinski definition) is 2. The van der Waals surface area contributed by atoms with Crippen LogP contribution in [0.3, 0.4) is 0 Å². The Morgan fingerprint density at radius 2 is 1.64 bits per heavy atom. The van der Waals surface area contributed by atoms with Crippen molar-refractivity contribution in [3.05, 3.63) is 70.9 Å². The summed E-state index contributed by atoms with van der Waals surface area (Å²) >= 11 is 0. The van der Waals surface area contributed by atoms with Crippen LogP contribution in [0, 0.1) is 20.8 Å². The second kappa shape index (κ2) is 7.30. The lowest BCUT2D eigenvalue weighted by Crippen LogP contribution is -2.10. The maximum atomic E-state index is 4.54. The highest BCUT2D eigenvalue weighted by Gasteiger charge is 2.09. The van der Waals surface area contributed by atoms with Crippen molar-refractivity contribution in [2.24, 2.45) is 0 Å². The van der Waals surface area contributed by atoms with E-state index in [4.69, 9.17) is 0 Å². The standard InChI is InChI=1S/C20H23N5/c1-13-10-14(2)19(15(3)11-13)24-20-23-18(12-21-25-20)22-16(4)17-8-6-5-7-9-17/h5-12,16H,1-4H3,(H2,22,23,24,25). The number of benzene rings is 2. The Kier molecular flexibility index (Phi) is 4.93. The predicted molar refractivity (Wildman–Crippen MR) is 102 cm³/mol. The second-order valence-electron chi connectivity index (χ2n) is 6.34. The van der Waals surface area contributed by atoms with Crippen molar-refractivity contribution in [2.75, 3.05) is 10.6 Å². The summed E-state index contributed by atoms with van der Waals surface area (Å²) in [5.74, 6) is 1.18. The highest BCUT2D eigenvalue weighted by atomic mass is 15.3. The smallest absolute Gasteiger partial charge is 0.249 e. The highest BCUT2D eigenvalue weighted by molar-refractivity contribution is 5.64. The number of rotatable bonds is 5. The molecule has 0 aliphatic heterocycles. The van der Waals surface area contributed by atoms with E-state index in [0.29, 0.717) is 11.8 Å². The maximum absolute atomic E-state index is 4.54. The number of hydrogen-bond acceptors (Lipinski definition) is 5. The molecule has 0 amide bonds. The van der Waals surface area contributed by atoms with Crippen LogP contribution in [0.2, 0.25) is 0 Å². The molecule has 0 aliphatic rings. The molecule has 0 aliphatic carbocycles. The zero-order valence-corrected chi connectivity index (χ0v) is 15.0. The van der Waals surface area contributed by atoms with E-state index in [0.717, 1.165) is 16.8 Å². The molecule has 0 bridgehead atoms. The van der Waals surface area contributed by atoms with E-state index in [1.807, 2.05) is 18.2 Å². The Morgan fingerprint density at radius 1 is 0.960 bits per heavy atom. The minimum absolute atomic E-state index is 0.133. The Bertz CT molecular complexity index is 838. The maximum Gasteiger partial charge on any atom is 0.249 e. The molecule has 3 aromatic rings. The molecule has 0 radical (unpaired) electrons. The Balaban J connectivity index is 1.78. The van der Waals surface area contributed by atoms with Gasteiger partial charge < -0.3 is 10.6 Å². The van der Waals surface area contributed by atoms with Gasteiger partial charge in [0.1, 0.15) is 0 Å². The van der Waals surface area contributed by atoms with Crippen LogP contribution in [0.1, 0.15) is 35.2 Å². The topological polar surface area (TPSA) is 62.7 Å². The summed E-state index contributed by atoms with van der Waals surface area (Å²) in [4.78, 5) is 4.54. The van der Waals surface area contributed by atoms with E-state index >= 15 is 0 Å². The summed E-state index contributed by atoms with van der Waals surface area (Å²) in [6, 6.07) is 14.7. The van der Waals surface area contributed by atoms with Gasteiger partial charge in [0.15, 0.2) is 5.82 Å². The fraction of sp³-hybridized carbons (Fsp3) is 0.250. The van der Waals surface area contributed by atoms with Crippen LogP contribution in [0.5, 0.6) is 0 Å². The first-order valence-corrected chi connectivity index (χ1v) is 8.39. The van der Waals surface area contributed by atoms with Gasteiger partial charge >= 0.3 is 0 Å². The van der Waals surface area contributed by atoms with E-state index in [1.54, 1.807) is 6.20 Å². The minimum Gasteiger partial charge on any atom is -0.362 e. The Morgan fingerprint density at radius 3 is 2.32 bits per heavy atom. The van der Waals surface area contributed by atoms with Gasteiger partial charge in [0.05, 0.1) is 6.20 Å². The van der Waals surface area contributed by atoms with Gasteiger partial charge in [0.25, 0.3) is 0 Å². The van der Waals surface area contributed by atoms with E-state index < -0.39 is 0 Å². The summed E-state index contributed by atoms with van der Waals surface area (Å²) in [6.45, 7) is 8.35. The molecule has 2 aromatic carbocycles. The van der Waals surface area contributed by atoms with Crippen LogP contribution < -0.4 is 10.6 Å². The normalized spacial score (nSPS) is 11.8. The average Bonchev–Trinajstić information content (AvgIpc) is 2.59. The zero-order valence-electron chi connectivity index (χ0n) is 15.0. The molecule has 5 heteroatoms. The molecule has 0 spiro atoms. The van der Waals surface area contributed by atoms with Crippen molar-refractivity contribution in [3.8, 4) is 0 Å². The van der Waals surface area contributed by atoms with Gasteiger partial charge in [-0.05, 0) is 44.4 Å². The molecular weight excluding hydrogens is 310 g/mol. The third-order valence-electron chi connectivity index (χ3n) is 4.14. The van der Waals surface area contributed by atoms with Crippen LogP contribution in [-0.4, -0.2) is 15.2 Å². The molecule has 2 N–H and O–H groups in total. The van der Waals surface area contributed by atoms with E-state index in [1.165, 1.54) is 11.1 Å². The second-order valence-corrected chi connectivity index (χ2v) is 6.34.